The number of fused-ring (bicyclic) bond motifs is 9. The molecule has 2 atom stereocenters. The molecule has 0 radical (unpaired) electrons. The van der Waals surface area contributed by atoms with Crippen LogP contribution in [0.2, 0.25) is 0 Å². The van der Waals surface area contributed by atoms with Crippen molar-refractivity contribution in [3.63, 3.8) is 0 Å². The Morgan fingerprint density at radius 2 is 1.03 bits per heavy atom. The van der Waals surface area contributed by atoms with E-state index >= 15 is 0 Å². The van der Waals surface area contributed by atoms with Gasteiger partial charge in [0.2, 0.25) is 0 Å². The third kappa shape index (κ3) is 6.32. The van der Waals surface area contributed by atoms with E-state index in [0.29, 0.717) is 11.8 Å². The Morgan fingerprint density at radius 1 is 0.403 bits per heavy atom. The van der Waals surface area contributed by atoms with Crippen LogP contribution in [0.3, 0.4) is 0 Å². The summed E-state index contributed by atoms with van der Waals surface area (Å²) in [4.78, 5) is 2.44. The van der Waals surface area contributed by atoms with E-state index < -0.39 is 0 Å². The van der Waals surface area contributed by atoms with E-state index in [1.165, 1.54) is 82.3 Å². The number of hydrogen-bond donors (Lipinski definition) is 0. The second-order valence-corrected chi connectivity index (χ2v) is 18.9. The fraction of sp³-hybridized carbons (Fsp3) is 0.0769. The van der Waals surface area contributed by atoms with E-state index in [-0.39, 0.29) is 5.41 Å². The summed E-state index contributed by atoms with van der Waals surface area (Å²) in [6.45, 7) is 4.86. The summed E-state index contributed by atoms with van der Waals surface area (Å²) < 4.78 is 2.40. The summed E-state index contributed by atoms with van der Waals surface area (Å²) in [5.41, 5.74) is 17.1. The van der Waals surface area contributed by atoms with Crippen LogP contribution in [-0.2, 0) is 5.41 Å². The number of benzene rings is 10. The highest BCUT2D eigenvalue weighted by molar-refractivity contribution is 6.12. The average molecular weight is 857 g/mol. The molecule has 0 saturated heterocycles. The third-order valence-corrected chi connectivity index (χ3v) is 14.8. The maximum absolute atomic E-state index is 2.44. The van der Waals surface area contributed by atoms with Gasteiger partial charge in [0.15, 0.2) is 0 Å². The number of allylic oxidation sites excluding steroid dienone is 4. The summed E-state index contributed by atoms with van der Waals surface area (Å²) in [5, 5.41) is 7.59. The maximum Gasteiger partial charge on any atom is 0.0547 e. The minimum absolute atomic E-state index is 0.0150. The summed E-state index contributed by atoms with van der Waals surface area (Å²) in [6.07, 6.45) is 9.27. The Balaban J connectivity index is 0.958. The molecule has 2 nitrogen and oxygen atoms in total. The molecule has 0 spiro atoms. The lowest BCUT2D eigenvalue weighted by molar-refractivity contribution is 0.395. The topological polar surface area (TPSA) is 8.17 Å². The molecule has 2 aliphatic carbocycles. The van der Waals surface area contributed by atoms with E-state index in [1.54, 1.807) is 0 Å². The SMILES string of the molecule is CC1(C)c2c(-c3cccc(N(c4ccc(-c5cccc6c5ccc5ccccc56)cc4)c4cccc(-c5ccc6c7ccccc7n(-c7ccccc7)c6c5)c4)c3)cccc2C2C=CC=CC21. The van der Waals surface area contributed by atoms with Crippen LogP contribution in [0.25, 0.3) is 82.4 Å². The van der Waals surface area contributed by atoms with Gasteiger partial charge < -0.3 is 9.47 Å². The Morgan fingerprint density at radius 3 is 1.88 bits per heavy atom. The van der Waals surface area contributed by atoms with Crippen LogP contribution in [0.15, 0.2) is 243 Å². The van der Waals surface area contributed by atoms with Gasteiger partial charge in [-0.3, -0.25) is 0 Å². The summed E-state index contributed by atoms with van der Waals surface area (Å²) in [7, 11) is 0. The van der Waals surface area contributed by atoms with Crippen LogP contribution in [0.5, 0.6) is 0 Å². The van der Waals surface area contributed by atoms with Crippen molar-refractivity contribution in [1.29, 1.82) is 0 Å². The van der Waals surface area contributed by atoms with Gasteiger partial charge in [-0.25, -0.2) is 0 Å². The Hall–Kier alpha value is -8.20. The molecule has 10 aromatic carbocycles. The zero-order chi connectivity index (χ0) is 44.6. The number of hydrogen-bond acceptors (Lipinski definition) is 1. The number of nitrogens with zero attached hydrogens (tertiary/aromatic N) is 2. The molecule has 1 heterocycles. The quantitative estimate of drug-likeness (QED) is 0.145. The Labute approximate surface area is 392 Å². The summed E-state index contributed by atoms with van der Waals surface area (Å²) >= 11 is 0. The lowest BCUT2D eigenvalue weighted by Crippen LogP contribution is -2.25. The molecule has 0 fully saturated rings. The first kappa shape index (κ1) is 39.2. The van der Waals surface area contributed by atoms with E-state index in [0.717, 1.165) is 28.3 Å². The molecule has 11 aromatic rings. The molecule has 13 rings (SSSR count). The lowest BCUT2D eigenvalue weighted by Gasteiger charge is -2.31. The molecule has 2 aliphatic rings. The molecule has 0 aliphatic heterocycles. The van der Waals surface area contributed by atoms with Crippen molar-refractivity contribution >= 4 is 60.4 Å². The van der Waals surface area contributed by atoms with Gasteiger partial charge in [-0.2, -0.15) is 0 Å². The van der Waals surface area contributed by atoms with Crippen molar-refractivity contribution in [3.05, 3.63) is 254 Å². The van der Waals surface area contributed by atoms with Crippen LogP contribution >= 0.6 is 0 Å². The first-order chi connectivity index (χ1) is 33.0. The van der Waals surface area contributed by atoms with Crippen molar-refractivity contribution < 1.29 is 0 Å². The maximum atomic E-state index is 2.44. The molecule has 67 heavy (non-hydrogen) atoms. The van der Waals surface area contributed by atoms with Crippen LogP contribution < -0.4 is 4.90 Å². The second-order valence-electron chi connectivity index (χ2n) is 18.9. The number of rotatable bonds is 7. The number of anilines is 3. The van der Waals surface area contributed by atoms with Crippen molar-refractivity contribution in [2.45, 2.75) is 25.2 Å². The van der Waals surface area contributed by atoms with Crippen LogP contribution in [-0.4, -0.2) is 4.57 Å². The minimum Gasteiger partial charge on any atom is -0.310 e. The molecule has 2 unspecified atom stereocenters. The first-order valence-corrected chi connectivity index (χ1v) is 23.6. The summed E-state index contributed by atoms with van der Waals surface area (Å²) in [6, 6.07) is 80.8. The van der Waals surface area contributed by atoms with Gasteiger partial charge in [-0.15, -0.1) is 0 Å². The van der Waals surface area contributed by atoms with Crippen molar-refractivity contribution in [1.82, 2.24) is 4.57 Å². The third-order valence-electron chi connectivity index (χ3n) is 14.8. The number of para-hydroxylation sites is 2. The molecule has 0 saturated carbocycles. The molecule has 0 amide bonds. The Bertz CT molecular complexity index is 3790. The van der Waals surface area contributed by atoms with Gasteiger partial charge in [-0.05, 0) is 138 Å². The van der Waals surface area contributed by atoms with E-state index in [1.807, 2.05) is 0 Å². The van der Waals surface area contributed by atoms with Crippen LogP contribution in [0.4, 0.5) is 17.1 Å². The van der Waals surface area contributed by atoms with E-state index in [4.69, 9.17) is 0 Å². The average Bonchev–Trinajstić information content (AvgIpc) is 3.84. The fourth-order valence-electron chi connectivity index (χ4n) is 11.7. The van der Waals surface area contributed by atoms with Gasteiger partial charge in [0.25, 0.3) is 0 Å². The van der Waals surface area contributed by atoms with E-state index in [9.17, 15) is 0 Å². The molecular formula is C65H48N2. The molecule has 2 heteroatoms. The van der Waals surface area contributed by atoms with Crippen molar-refractivity contribution in [2.24, 2.45) is 5.92 Å². The first-order valence-electron chi connectivity index (χ1n) is 23.6. The minimum atomic E-state index is -0.0150. The molecule has 1 aromatic heterocycles. The zero-order valence-electron chi connectivity index (χ0n) is 37.6. The normalized spacial score (nSPS) is 15.9. The molecule has 0 N–H and O–H groups in total. The predicted molar refractivity (Wildman–Crippen MR) is 284 cm³/mol. The fourth-order valence-corrected chi connectivity index (χ4v) is 11.7. The summed E-state index contributed by atoms with van der Waals surface area (Å²) in [5.74, 6) is 0.827. The highest BCUT2D eigenvalue weighted by Gasteiger charge is 2.45. The zero-order valence-corrected chi connectivity index (χ0v) is 37.6. The highest BCUT2D eigenvalue weighted by Crippen LogP contribution is 2.56. The largest absolute Gasteiger partial charge is 0.310 e. The lowest BCUT2D eigenvalue weighted by atomic mass is 9.73. The predicted octanol–water partition coefficient (Wildman–Crippen LogP) is 17.7. The van der Waals surface area contributed by atoms with Gasteiger partial charge in [0, 0.05) is 39.4 Å². The van der Waals surface area contributed by atoms with Gasteiger partial charge in [0.1, 0.15) is 0 Å². The van der Waals surface area contributed by atoms with Gasteiger partial charge in [-0.1, -0.05) is 196 Å². The highest BCUT2D eigenvalue weighted by atomic mass is 15.1. The smallest absolute Gasteiger partial charge is 0.0547 e. The van der Waals surface area contributed by atoms with E-state index in [2.05, 4.69) is 266 Å². The monoisotopic (exact) mass is 856 g/mol. The van der Waals surface area contributed by atoms with Crippen LogP contribution in [0, 0.1) is 5.92 Å². The standard InChI is InChI=1S/C65H48N2/c1-65(2)61-30-10-8-24-57(61)60-29-15-27-54(64(60)65)47-18-13-22-51(41-47)66(49-36-32-44(33-37-49)53-26-14-28-55-52-23-7-6-16-43(52)34-38-56(53)55)50-21-12-17-45(40-50)46-35-39-59-58-25-9-11-31-62(58)67(63(59)42-46)48-19-4-3-5-20-48/h3-42,57,61H,1-2H3. The van der Waals surface area contributed by atoms with Gasteiger partial charge >= 0.3 is 0 Å². The second kappa shape index (κ2) is 15.5. The molecule has 0 bridgehead atoms. The van der Waals surface area contributed by atoms with Crippen molar-refractivity contribution in [2.75, 3.05) is 4.90 Å². The number of aromatic nitrogens is 1. The molecular weight excluding hydrogens is 809 g/mol. The molecule has 318 valence electrons. The van der Waals surface area contributed by atoms with Gasteiger partial charge in [0.05, 0.1) is 11.0 Å². The van der Waals surface area contributed by atoms with Crippen molar-refractivity contribution in [3.8, 4) is 39.1 Å². The Kier molecular flexibility index (Phi) is 9.05. The van der Waals surface area contributed by atoms with Crippen LogP contribution in [0.1, 0.15) is 30.9 Å².